The molecule has 6 heteroatoms. The summed E-state index contributed by atoms with van der Waals surface area (Å²) in [6.07, 6.45) is 1.22. The average Bonchev–Trinajstić information content (AvgIpc) is 2.70. The second kappa shape index (κ2) is 9.30. The number of aliphatic carboxylic acids is 1. The van der Waals surface area contributed by atoms with E-state index in [1.165, 1.54) is 7.11 Å². The van der Waals surface area contributed by atoms with Gasteiger partial charge in [0, 0.05) is 0 Å². The molecule has 0 saturated heterocycles. The molecule has 0 aliphatic rings. The molecule has 0 aromatic heterocycles. The Hall–Kier alpha value is -3.46. The van der Waals surface area contributed by atoms with Crippen molar-refractivity contribution in [1.82, 2.24) is 0 Å². The number of benzene rings is 2. The summed E-state index contributed by atoms with van der Waals surface area (Å²) in [4.78, 5) is 11.1. The highest BCUT2D eigenvalue weighted by Crippen LogP contribution is 2.31. The summed E-state index contributed by atoms with van der Waals surface area (Å²) in [6, 6.07) is 14.3. The Kier molecular flexibility index (Phi) is 6.84. The number of carbonyl (C=O) groups is 1. The third-order valence-electron chi connectivity index (χ3n) is 3.93. The molecule has 0 aliphatic carbocycles. The molecule has 2 aromatic rings. The van der Waals surface area contributed by atoms with Crippen molar-refractivity contribution in [2.24, 2.45) is 0 Å². The Labute approximate surface area is 158 Å². The van der Waals surface area contributed by atoms with Gasteiger partial charge in [0.15, 0.2) is 17.6 Å². The van der Waals surface area contributed by atoms with Crippen molar-refractivity contribution in [1.29, 1.82) is 5.26 Å². The van der Waals surface area contributed by atoms with Crippen molar-refractivity contribution in [3.63, 3.8) is 0 Å². The first-order chi connectivity index (χ1) is 13.0. The lowest BCUT2D eigenvalue weighted by Crippen LogP contribution is -2.25. The van der Waals surface area contributed by atoms with Gasteiger partial charge in [-0.05, 0) is 54.0 Å². The highest BCUT2D eigenvalue weighted by atomic mass is 16.5. The molecule has 1 atom stereocenters. The van der Waals surface area contributed by atoms with Crippen LogP contribution in [0.3, 0.4) is 0 Å². The summed E-state index contributed by atoms with van der Waals surface area (Å²) in [6.45, 7) is 1.75. The number of nitriles is 1. The number of hydrogen-bond donors (Lipinski definition) is 1. The van der Waals surface area contributed by atoms with Gasteiger partial charge >= 0.3 is 5.97 Å². The first kappa shape index (κ1) is 19.9. The molecule has 27 heavy (non-hydrogen) atoms. The van der Waals surface area contributed by atoms with Crippen LogP contribution in [0.4, 0.5) is 0 Å². The zero-order valence-corrected chi connectivity index (χ0v) is 15.4. The van der Waals surface area contributed by atoms with E-state index in [-0.39, 0.29) is 0 Å². The molecule has 0 aliphatic heterocycles. The molecule has 6 nitrogen and oxygen atoms in total. The van der Waals surface area contributed by atoms with Crippen molar-refractivity contribution in [2.75, 3.05) is 14.2 Å². The monoisotopic (exact) mass is 367 g/mol. The predicted molar refractivity (Wildman–Crippen MR) is 102 cm³/mol. The molecule has 0 saturated carbocycles. The van der Waals surface area contributed by atoms with Gasteiger partial charge in [-0.3, -0.25) is 0 Å². The maximum Gasteiger partial charge on any atom is 0.344 e. The fraction of sp³-hybridized carbons (Fsp3) is 0.238. The smallest absolute Gasteiger partial charge is 0.344 e. The minimum atomic E-state index is -0.998. The van der Waals surface area contributed by atoms with Crippen LogP contribution in [0, 0.1) is 11.3 Å². The maximum atomic E-state index is 11.1. The molecule has 140 valence electrons. The minimum absolute atomic E-state index is 0.370. The van der Waals surface area contributed by atoms with Crippen LogP contribution in [0.2, 0.25) is 0 Å². The van der Waals surface area contributed by atoms with Gasteiger partial charge in [-0.1, -0.05) is 19.1 Å². The summed E-state index contributed by atoms with van der Waals surface area (Å²) in [5.41, 5.74) is 1.95. The number of carboxylic acid groups (broad SMARTS) is 1. The summed E-state index contributed by atoms with van der Waals surface area (Å²) in [7, 11) is 3.09. The van der Waals surface area contributed by atoms with E-state index in [1.807, 2.05) is 0 Å². The van der Waals surface area contributed by atoms with E-state index >= 15 is 0 Å². The van der Waals surface area contributed by atoms with Crippen molar-refractivity contribution >= 4 is 17.6 Å². The fourth-order valence-corrected chi connectivity index (χ4v) is 2.47. The van der Waals surface area contributed by atoms with E-state index in [9.17, 15) is 10.1 Å². The van der Waals surface area contributed by atoms with Gasteiger partial charge in [-0.2, -0.15) is 5.26 Å². The molecule has 0 fully saturated rings. The van der Waals surface area contributed by atoms with Crippen LogP contribution >= 0.6 is 0 Å². The number of nitrogens with zero attached hydrogens (tertiary/aromatic N) is 1. The highest BCUT2D eigenvalue weighted by molar-refractivity contribution is 5.90. The standard InChI is InChI=1S/C21H21NO5/c1-4-18(21(23)24)27-17-8-5-14(6-9-17)11-16(13-22)15-7-10-19(25-2)20(12-15)26-3/h5-12,18H,4H2,1-3H3,(H,23,24)/b16-11+. The Bertz CT molecular complexity index is 865. The van der Waals surface area contributed by atoms with Crippen LogP contribution in [0.25, 0.3) is 11.6 Å². The third-order valence-corrected chi connectivity index (χ3v) is 3.93. The van der Waals surface area contributed by atoms with E-state index in [1.54, 1.807) is 62.6 Å². The second-order valence-corrected chi connectivity index (χ2v) is 5.66. The summed E-state index contributed by atoms with van der Waals surface area (Å²) in [5, 5.41) is 18.6. The van der Waals surface area contributed by atoms with Crippen molar-refractivity contribution < 1.29 is 24.1 Å². The van der Waals surface area contributed by atoms with E-state index in [4.69, 9.17) is 19.3 Å². The Morgan fingerprint density at radius 3 is 2.33 bits per heavy atom. The first-order valence-electron chi connectivity index (χ1n) is 8.36. The molecule has 0 spiro atoms. The van der Waals surface area contributed by atoms with Crippen LogP contribution in [0.1, 0.15) is 24.5 Å². The molecule has 1 unspecified atom stereocenters. The molecule has 0 bridgehead atoms. The zero-order valence-electron chi connectivity index (χ0n) is 15.4. The van der Waals surface area contributed by atoms with Gasteiger partial charge in [0.1, 0.15) is 5.75 Å². The molecule has 0 radical (unpaired) electrons. The number of hydrogen-bond acceptors (Lipinski definition) is 5. The molecule has 2 rings (SSSR count). The van der Waals surface area contributed by atoms with Crippen LogP contribution in [-0.4, -0.2) is 31.4 Å². The molecule has 0 amide bonds. The van der Waals surface area contributed by atoms with Gasteiger partial charge in [-0.25, -0.2) is 4.79 Å². The van der Waals surface area contributed by atoms with E-state index in [0.717, 1.165) is 5.56 Å². The summed E-state index contributed by atoms with van der Waals surface area (Å²) >= 11 is 0. The molecular weight excluding hydrogens is 346 g/mol. The lowest BCUT2D eigenvalue weighted by atomic mass is 10.0. The van der Waals surface area contributed by atoms with Crippen LogP contribution in [-0.2, 0) is 4.79 Å². The molecule has 1 N–H and O–H groups in total. The summed E-state index contributed by atoms with van der Waals surface area (Å²) in [5.74, 6) is 0.593. The van der Waals surface area contributed by atoms with E-state index in [2.05, 4.69) is 6.07 Å². The van der Waals surface area contributed by atoms with Gasteiger partial charge in [0.05, 0.1) is 25.9 Å². The number of rotatable bonds is 8. The lowest BCUT2D eigenvalue weighted by molar-refractivity contribution is -0.145. The zero-order chi connectivity index (χ0) is 19.8. The highest BCUT2D eigenvalue weighted by Gasteiger charge is 2.16. The Balaban J connectivity index is 2.25. The largest absolute Gasteiger partial charge is 0.493 e. The quantitative estimate of drug-likeness (QED) is 0.560. The van der Waals surface area contributed by atoms with Crippen LogP contribution < -0.4 is 14.2 Å². The van der Waals surface area contributed by atoms with Gasteiger partial charge in [0.25, 0.3) is 0 Å². The third kappa shape index (κ3) is 5.02. The molecule has 2 aromatic carbocycles. The van der Waals surface area contributed by atoms with Crippen molar-refractivity contribution in [2.45, 2.75) is 19.4 Å². The SMILES string of the molecule is CCC(Oc1ccc(/C=C(\C#N)c2ccc(OC)c(OC)c2)cc1)C(=O)O. The van der Waals surface area contributed by atoms with Crippen LogP contribution in [0.5, 0.6) is 17.2 Å². The summed E-state index contributed by atoms with van der Waals surface area (Å²) < 4.78 is 15.9. The topological polar surface area (TPSA) is 88.8 Å². The van der Waals surface area contributed by atoms with E-state index in [0.29, 0.717) is 34.8 Å². The van der Waals surface area contributed by atoms with Crippen molar-refractivity contribution in [3.05, 3.63) is 53.6 Å². The Morgan fingerprint density at radius 1 is 1.15 bits per heavy atom. The normalized spacial score (nSPS) is 12.0. The van der Waals surface area contributed by atoms with Crippen molar-refractivity contribution in [3.8, 4) is 23.3 Å². The maximum absolute atomic E-state index is 11.1. The fourth-order valence-electron chi connectivity index (χ4n) is 2.47. The van der Waals surface area contributed by atoms with Crippen LogP contribution in [0.15, 0.2) is 42.5 Å². The van der Waals surface area contributed by atoms with Gasteiger partial charge < -0.3 is 19.3 Å². The van der Waals surface area contributed by atoms with E-state index < -0.39 is 12.1 Å². The number of ether oxygens (including phenoxy) is 3. The number of methoxy groups -OCH3 is 2. The Morgan fingerprint density at radius 2 is 1.81 bits per heavy atom. The average molecular weight is 367 g/mol. The lowest BCUT2D eigenvalue weighted by Gasteiger charge is -2.13. The minimum Gasteiger partial charge on any atom is -0.493 e. The molecular formula is C21H21NO5. The number of carboxylic acids is 1. The first-order valence-corrected chi connectivity index (χ1v) is 8.36. The van der Waals surface area contributed by atoms with Gasteiger partial charge in [0.2, 0.25) is 0 Å². The van der Waals surface area contributed by atoms with Gasteiger partial charge in [-0.15, -0.1) is 0 Å². The predicted octanol–water partition coefficient (Wildman–Crippen LogP) is 4.01. The molecule has 0 heterocycles. The second-order valence-electron chi connectivity index (χ2n) is 5.66. The number of allylic oxidation sites excluding steroid dienone is 1.